The van der Waals surface area contributed by atoms with E-state index in [9.17, 15) is 24.3 Å². The molecule has 0 aliphatic carbocycles. The first-order valence-electron chi connectivity index (χ1n) is 9.22. The highest BCUT2D eigenvalue weighted by Crippen LogP contribution is 2.37. The number of aromatic nitrogens is 1. The molecule has 3 aromatic rings. The van der Waals surface area contributed by atoms with Crippen molar-refractivity contribution in [2.24, 2.45) is 0 Å². The van der Waals surface area contributed by atoms with Crippen LogP contribution in [0.1, 0.15) is 31.2 Å². The minimum absolute atomic E-state index is 0.0435. The van der Waals surface area contributed by atoms with Gasteiger partial charge in [-0.1, -0.05) is 0 Å². The number of anilines is 1. The smallest absolute Gasteiger partial charge is 0.394 e. The Balaban J connectivity index is 1.46. The summed E-state index contributed by atoms with van der Waals surface area (Å²) < 4.78 is 5.72. The number of hydrogen-bond donors (Lipinski definition) is 5. The van der Waals surface area contributed by atoms with Gasteiger partial charge in [0.05, 0.1) is 18.3 Å². The van der Waals surface area contributed by atoms with Gasteiger partial charge >= 0.3 is 17.8 Å². The molecule has 1 aliphatic rings. The van der Waals surface area contributed by atoms with Gasteiger partial charge < -0.3 is 30.6 Å². The zero-order valence-corrected chi connectivity index (χ0v) is 16.7. The van der Waals surface area contributed by atoms with Gasteiger partial charge in [0, 0.05) is 40.5 Å². The molecular weight excluding hydrogens is 426 g/mol. The maximum absolute atomic E-state index is 12.5. The van der Waals surface area contributed by atoms with Crippen molar-refractivity contribution in [1.82, 2.24) is 10.3 Å². The molecule has 0 fully saturated rings. The number of aromatic amines is 1. The van der Waals surface area contributed by atoms with E-state index in [-0.39, 0.29) is 36.0 Å². The number of fused-ring (bicyclic) bond motifs is 2. The number of carbonyl (C=O) groups is 4. The first kappa shape index (κ1) is 20.6. The SMILES string of the molecule is O=C(O)C(=O)Nc1sc2c(c1C(=O)O)CC(CNC(=O)c1ccc3[nH]ccc3c1)OC2. The van der Waals surface area contributed by atoms with E-state index in [0.29, 0.717) is 16.0 Å². The Hall–Kier alpha value is -3.70. The molecule has 160 valence electrons. The van der Waals surface area contributed by atoms with Crippen LogP contribution < -0.4 is 10.6 Å². The summed E-state index contributed by atoms with van der Waals surface area (Å²) in [6.45, 7) is 0.258. The van der Waals surface area contributed by atoms with Crippen LogP contribution >= 0.6 is 11.3 Å². The first-order valence-corrected chi connectivity index (χ1v) is 10.0. The molecule has 0 bridgehead atoms. The molecule has 0 radical (unpaired) electrons. The van der Waals surface area contributed by atoms with Gasteiger partial charge in [-0.25, -0.2) is 9.59 Å². The van der Waals surface area contributed by atoms with Crippen LogP contribution in [-0.2, 0) is 27.4 Å². The molecule has 3 heterocycles. The molecule has 0 spiro atoms. The molecule has 1 atom stereocenters. The van der Waals surface area contributed by atoms with Crippen molar-refractivity contribution in [2.75, 3.05) is 11.9 Å². The van der Waals surface area contributed by atoms with Crippen LogP contribution in [0, 0.1) is 0 Å². The number of rotatable bonds is 5. The van der Waals surface area contributed by atoms with E-state index in [1.54, 1.807) is 18.3 Å². The zero-order valence-electron chi connectivity index (χ0n) is 15.9. The molecule has 1 unspecified atom stereocenters. The van der Waals surface area contributed by atoms with E-state index in [4.69, 9.17) is 9.84 Å². The molecule has 11 heteroatoms. The lowest BCUT2D eigenvalue weighted by Gasteiger charge is -2.23. The standard InChI is InChI=1S/C20H17N3O7S/c24-16(10-1-2-13-9(5-10)3-4-21-13)22-7-11-6-12-14(8-30-11)31-18(15(12)19(26)27)23-17(25)20(28)29/h1-5,11,21H,6-8H2,(H,22,24)(H,23,25)(H,26,27)(H,28,29). The molecule has 5 N–H and O–H groups in total. The molecule has 1 aliphatic heterocycles. The van der Waals surface area contributed by atoms with Crippen molar-refractivity contribution < 1.29 is 34.1 Å². The fraction of sp³-hybridized carbons (Fsp3) is 0.200. The van der Waals surface area contributed by atoms with E-state index < -0.39 is 23.9 Å². The number of aliphatic carboxylic acids is 1. The Labute approximate surface area is 178 Å². The topological polar surface area (TPSA) is 158 Å². The second kappa shape index (κ2) is 8.20. The van der Waals surface area contributed by atoms with E-state index in [2.05, 4.69) is 15.6 Å². The molecule has 2 aromatic heterocycles. The average Bonchev–Trinajstić information content (AvgIpc) is 3.34. The summed E-state index contributed by atoms with van der Waals surface area (Å²) in [6, 6.07) is 7.14. The molecule has 4 rings (SSSR count). The summed E-state index contributed by atoms with van der Waals surface area (Å²) in [5.41, 5.74) is 1.73. The summed E-state index contributed by atoms with van der Waals surface area (Å²) in [7, 11) is 0. The van der Waals surface area contributed by atoms with Gasteiger partial charge in [0.15, 0.2) is 0 Å². The zero-order chi connectivity index (χ0) is 22.1. The number of nitrogens with one attached hydrogen (secondary N) is 3. The number of carbonyl (C=O) groups excluding carboxylic acids is 2. The molecule has 31 heavy (non-hydrogen) atoms. The van der Waals surface area contributed by atoms with Gasteiger partial charge in [-0.2, -0.15) is 0 Å². The number of ether oxygens (including phenoxy) is 1. The third kappa shape index (κ3) is 4.13. The maximum atomic E-state index is 12.5. The van der Waals surface area contributed by atoms with Crippen LogP contribution in [0.15, 0.2) is 30.5 Å². The number of aromatic carboxylic acids is 1. The summed E-state index contributed by atoms with van der Waals surface area (Å²) >= 11 is 0.970. The maximum Gasteiger partial charge on any atom is 0.394 e. The lowest BCUT2D eigenvalue weighted by atomic mass is 10.0. The van der Waals surface area contributed by atoms with Crippen molar-refractivity contribution in [1.29, 1.82) is 0 Å². The van der Waals surface area contributed by atoms with Crippen LogP contribution in [-0.4, -0.2) is 51.6 Å². The van der Waals surface area contributed by atoms with Crippen molar-refractivity contribution in [3.63, 3.8) is 0 Å². The largest absolute Gasteiger partial charge is 0.478 e. The minimum atomic E-state index is -1.71. The third-order valence-corrected chi connectivity index (χ3v) is 6.03. The van der Waals surface area contributed by atoms with Crippen LogP contribution in [0.3, 0.4) is 0 Å². The second-order valence-corrected chi connectivity index (χ2v) is 8.00. The van der Waals surface area contributed by atoms with Crippen molar-refractivity contribution in [2.45, 2.75) is 19.1 Å². The van der Waals surface area contributed by atoms with Gasteiger partial charge in [-0.15, -0.1) is 11.3 Å². The second-order valence-electron chi connectivity index (χ2n) is 6.90. The van der Waals surface area contributed by atoms with Gasteiger partial charge in [0.2, 0.25) is 0 Å². The molecule has 10 nitrogen and oxygen atoms in total. The highest BCUT2D eigenvalue weighted by Gasteiger charge is 2.31. The molecule has 2 amide bonds. The van der Waals surface area contributed by atoms with Crippen LogP contribution in [0.5, 0.6) is 0 Å². The number of H-pyrrole nitrogens is 1. The quantitative estimate of drug-likeness (QED) is 0.376. The van der Waals surface area contributed by atoms with Crippen molar-refractivity contribution >= 4 is 51.0 Å². The summed E-state index contributed by atoms with van der Waals surface area (Å²) in [5, 5.41) is 24.1. The number of carboxylic acids is 2. The molecule has 1 aromatic carbocycles. The van der Waals surface area contributed by atoms with Gasteiger partial charge in [-0.3, -0.25) is 9.59 Å². The number of thiophene rings is 1. The molecular formula is C20H17N3O7S. The third-order valence-electron chi connectivity index (χ3n) is 4.91. The van der Waals surface area contributed by atoms with Crippen LogP contribution in [0.4, 0.5) is 5.00 Å². The predicted octanol–water partition coefficient (Wildman–Crippen LogP) is 1.82. The number of hydrogen-bond acceptors (Lipinski definition) is 6. The lowest BCUT2D eigenvalue weighted by molar-refractivity contribution is -0.147. The highest BCUT2D eigenvalue weighted by atomic mass is 32.1. The Morgan fingerprint density at radius 2 is 2.00 bits per heavy atom. The normalized spacial score (nSPS) is 15.3. The fourth-order valence-corrected chi connectivity index (χ4v) is 4.57. The van der Waals surface area contributed by atoms with Crippen molar-refractivity contribution in [3.05, 3.63) is 52.0 Å². The predicted molar refractivity (Wildman–Crippen MR) is 110 cm³/mol. The fourth-order valence-electron chi connectivity index (χ4n) is 3.43. The Morgan fingerprint density at radius 3 is 2.74 bits per heavy atom. The first-order chi connectivity index (χ1) is 14.8. The van der Waals surface area contributed by atoms with Crippen molar-refractivity contribution in [3.8, 4) is 0 Å². The highest BCUT2D eigenvalue weighted by molar-refractivity contribution is 7.17. The summed E-state index contributed by atoms with van der Waals surface area (Å²) in [6.07, 6.45) is 1.52. The number of benzene rings is 1. The van der Waals surface area contributed by atoms with E-state index >= 15 is 0 Å². The van der Waals surface area contributed by atoms with Gasteiger partial charge in [0.1, 0.15) is 5.00 Å². The van der Waals surface area contributed by atoms with E-state index in [1.165, 1.54) is 0 Å². The summed E-state index contributed by atoms with van der Waals surface area (Å²) in [4.78, 5) is 50.1. The van der Waals surface area contributed by atoms with Gasteiger partial charge in [-0.05, 0) is 29.8 Å². The van der Waals surface area contributed by atoms with Gasteiger partial charge in [0.25, 0.3) is 5.91 Å². The Kier molecular flexibility index (Phi) is 5.44. The minimum Gasteiger partial charge on any atom is -0.478 e. The number of amides is 2. The van der Waals surface area contributed by atoms with E-state index in [1.807, 2.05) is 12.1 Å². The molecule has 0 saturated heterocycles. The number of carboxylic acid groups (broad SMARTS) is 2. The van der Waals surface area contributed by atoms with Crippen LogP contribution in [0.2, 0.25) is 0 Å². The monoisotopic (exact) mass is 443 g/mol. The summed E-state index contributed by atoms with van der Waals surface area (Å²) in [5.74, 6) is -4.58. The lowest BCUT2D eigenvalue weighted by Crippen LogP contribution is -2.36. The Morgan fingerprint density at radius 1 is 1.19 bits per heavy atom. The average molecular weight is 443 g/mol. The van der Waals surface area contributed by atoms with Crippen LogP contribution in [0.25, 0.3) is 10.9 Å². The molecule has 0 saturated carbocycles. The van der Waals surface area contributed by atoms with E-state index in [0.717, 1.165) is 22.2 Å². The Bertz CT molecular complexity index is 1210.